The lowest BCUT2D eigenvalue weighted by Crippen LogP contribution is -2.36. The minimum absolute atomic E-state index is 0.837. The Hall–Kier alpha value is -1.06. The van der Waals surface area contributed by atoms with Crippen molar-refractivity contribution in [3.05, 3.63) is 29.3 Å². The Balaban J connectivity index is 1.52. The van der Waals surface area contributed by atoms with E-state index in [9.17, 15) is 0 Å². The fourth-order valence-electron chi connectivity index (χ4n) is 2.82. The van der Waals surface area contributed by atoms with Gasteiger partial charge in [-0.1, -0.05) is 31.0 Å². The molecule has 0 radical (unpaired) electrons. The smallest absolute Gasteiger partial charge is 0.125 e. The first-order valence-corrected chi connectivity index (χ1v) is 8.26. The molecule has 0 unspecified atom stereocenters. The van der Waals surface area contributed by atoms with Crippen LogP contribution in [0.5, 0.6) is 5.75 Å². The molecule has 1 aliphatic rings. The van der Waals surface area contributed by atoms with E-state index >= 15 is 0 Å². The number of aryl methyl sites for hydroxylation is 2. The van der Waals surface area contributed by atoms with Gasteiger partial charge in [0.2, 0.25) is 0 Å². The quantitative estimate of drug-likeness (QED) is 0.683. The van der Waals surface area contributed by atoms with Gasteiger partial charge >= 0.3 is 0 Å². The molecule has 0 aliphatic carbocycles. The number of benzene rings is 1. The number of hydrogen-bond donors (Lipinski definition) is 0. The van der Waals surface area contributed by atoms with Crippen LogP contribution in [0.4, 0.5) is 0 Å². The molecule has 3 heteroatoms. The van der Waals surface area contributed by atoms with Crippen LogP contribution in [-0.4, -0.2) is 44.4 Å². The van der Waals surface area contributed by atoms with E-state index < -0.39 is 0 Å². The number of ether oxygens (including phenoxy) is 2. The zero-order valence-corrected chi connectivity index (χ0v) is 13.6. The van der Waals surface area contributed by atoms with Gasteiger partial charge in [-0.05, 0) is 44.4 Å². The van der Waals surface area contributed by atoms with E-state index in [1.165, 1.54) is 36.9 Å². The van der Waals surface area contributed by atoms with Crippen molar-refractivity contribution in [2.45, 2.75) is 39.5 Å². The molecule has 2 rings (SSSR count). The van der Waals surface area contributed by atoms with E-state index in [0.29, 0.717) is 0 Å². The summed E-state index contributed by atoms with van der Waals surface area (Å²) in [6.45, 7) is 10.3. The number of para-hydroxylation sites is 1. The predicted octanol–water partition coefficient (Wildman–Crippen LogP) is 3.57. The van der Waals surface area contributed by atoms with Crippen molar-refractivity contribution in [3.63, 3.8) is 0 Å². The molecule has 21 heavy (non-hydrogen) atoms. The highest BCUT2D eigenvalue weighted by atomic mass is 16.5. The molecule has 0 bridgehead atoms. The van der Waals surface area contributed by atoms with Gasteiger partial charge in [0.25, 0.3) is 0 Å². The van der Waals surface area contributed by atoms with Crippen LogP contribution in [0, 0.1) is 13.8 Å². The van der Waals surface area contributed by atoms with Crippen LogP contribution < -0.4 is 4.74 Å². The maximum atomic E-state index is 5.94. The third kappa shape index (κ3) is 5.68. The second kappa shape index (κ2) is 9.06. The van der Waals surface area contributed by atoms with Gasteiger partial charge < -0.3 is 9.47 Å². The molecule has 1 saturated heterocycles. The lowest BCUT2D eigenvalue weighted by molar-refractivity contribution is 0.0371. The SMILES string of the molecule is Cc1cccc(C)c1OCCCCCCN1CCOCC1. The largest absolute Gasteiger partial charge is 0.493 e. The highest BCUT2D eigenvalue weighted by molar-refractivity contribution is 5.39. The molecule has 1 fully saturated rings. The Morgan fingerprint density at radius 3 is 2.38 bits per heavy atom. The van der Waals surface area contributed by atoms with Gasteiger partial charge in [0.05, 0.1) is 19.8 Å². The van der Waals surface area contributed by atoms with Crippen LogP contribution in [0.1, 0.15) is 36.8 Å². The third-order valence-electron chi connectivity index (χ3n) is 4.13. The number of morpholine rings is 1. The van der Waals surface area contributed by atoms with E-state index in [1.54, 1.807) is 0 Å². The predicted molar refractivity (Wildman–Crippen MR) is 87.1 cm³/mol. The van der Waals surface area contributed by atoms with E-state index in [1.807, 2.05) is 0 Å². The monoisotopic (exact) mass is 291 g/mol. The van der Waals surface area contributed by atoms with Gasteiger partial charge in [-0.3, -0.25) is 4.90 Å². The van der Waals surface area contributed by atoms with E-state index in [2.05, 4.69) is 36.9 Å². The first-order chi connectivity index (χ1) is 10.3. The minimum Gasteiger partial charge on any atom is -0.493 e. The minimum atomic E-state index is 0.837. The number of nitrogens with zero attached hydrogens (tertiary/aromatic N) is 1. The van der Waals surface area contributed by atoms with Crippen molar-refractivity contribution in [2.24, 2.45) is 0 Å². The molecule has 1 heterocycles. The Morgan fingerprint density at radius 2 is 1.67 bits per heavy atom. The first kappa shape index (κ1) is 16.3. The van der Waals surface area contributed by atoms with Gasteiger partial charge in [0.1, 0.15) is 5.75 Å². The maximum Gasteiger partial charge on any atom is 0.125 e. The fourth-order valence-corrected chi connectivity index (χ4v) is 2.82. The van der Waals surface area contributed by atoms with Gasteiger partial charge in [-0.15, -0.1) is 0 Å². The van der Waals surface area contributed by atoms with Crippen LogP contribution in [0.15, 0.2) is 18.2 Å². The average Bonchev–Trinajstić information content (AvgIpc) is 2.50. The van der Waals surface area contributed by atoms with Crippen molar-refractivity contribution in [1.29, 1.82) is 0 Å². The Labute approximate surface area is 129 Å². The van der Waals surface area contributed by atoms with Crippen molar-refractivity contribution >= 4 is 0 Å². The van der Waals surface area contributed by atoms with Gasteiger partial charge in [0.15, 0.2) is 0 Å². The zero-order chi connectivity index (χ0) is 14.9. The molecule has 0 saturated carbocycles. The number of unbranched alkanes of at least 4 members (excludes halogenated alkanes) is 3. The van der Waals surface area contributed by atoms with E-state index in [4.69, 9.17) is 9.47 Å². The molecular formula is C18H29NO2. The number of hydrogen-bond acceptors (Lipinski definition) is 3. The molecule has 0 amide bonds. The second-order valence-electron chi connectivity index (χ2n) is 5.94. The van der Waals surface area contributed by atoms with E-state index in [0.717, 1.165) is 45.1 Å². The summed E-state index contributed by atoms with van der Waals surface area (Å²) in [5.74, 6) is 1.07. The average molecular weight is 291 g/mol. The molecule has 3 nitrogen and oxygen atoms in total. The van der Waals surface area contributed by atoms with Crippen LogP contribution >= 0.6 is 0 Å². The van der Waals surface area contributed by atoms with Crippen LogP contribution in [0.3, 0.4) is 0 Å². The zero-order valence-electron chi connectivity index (χ0n) is 13.6. The lowest BCUT2D eigenvalue weighted by Gasteiger charge is -2.26. The maximum absolute atomic E-state index is 5.94. The molecular weight excluding hydrogens is 262 g/mol. The summed E-state index contributed by atoms with van der Waals surface area (Å²) in [4.78, 5) is 2.51. The summed E-state index contributed by atoms with van der Waals surface area (Å²) in [5.41, 5.74) is 2.48. The molecule has 1 aliphatic heterocycles. The van der Waals surface area contributed by atoms with Crippen molar-refractivity contribution in [1.82, 2.24) is 4.90 Å². The van der Waals surface area contributed by atoms with Crippen molar-refractivity contribution < 1.29 is 9.47 Å². The van der Waals surface area contributed by atoms with Crippen LogP contribution in [0.25, 0.3) is 0 Å². The normalized spacial score (nSPS) is 16.1. The Morgan fingerprint density at radius 1 is 1.00 bits per heavy atom. The third-order valence-corrected chi connectivity index (χ3v) is 4.13. The highest BCUT2D eigenvalue weighted by Crippen LogP contribution is 2.22. The topological polar surface area (TPSA) is 21.7 Å². The second-order valence-corrected chi connectivity index (χ2v) is 5.94. The molecule has 118 valence electrons. The van der Waals surface area contributed by atoms with E-state index in [-0.39, 0.29) is 0 Å². The van der Waals surface area contributed by atoms with Crippen LogP contribution in [0.2, 0.25) is 0 Å². The molecule has 0 atom stereocenters. The molecule has 0 spiro atoms. The highest BCUT2D eigenvalue weighted by Gasteiger charge is 2.09. The van der Waals surface area contributed by atoms with Crippen LogP contribution in [-0.2, 0) is 4.74 Å². The van der Waals surface area contributed by atoms with Gasteiger partial charge in [-0.25, -0.2) is 0 Å². The molecule has 1 aromatic rings. The van der Waals surface area contributed by atoms with Crippen molar-refractivity contribution in [2.75, 3.05) is 39.5 Å². The fraction of sp³-hybridized carbons (Fsp3) is 0.667. The summed E-state index contributed by atoms with van der Waals surface area (Å²) in [5, 5.41) is 0. The summed E-state index contributed by atoms with van der Waals surface area (Å²) in [6, 6.07) is 6.32. The van der Waals surface area contributed by atoms with Gasteiger partial charge in [-0.2, -0.15) is 0 Å². The molecule has 0 aromatic heterocycles. The summed E-state index contributed by atoms with van der Waals surface area (Å²) < 4.78 is 11.3. The molecule has 0 N–H and O–H groups in total. The van der Waals surface area contributed by atoms with Crippen molar-refractivity contribution in [3.8, 4) is 5.75 Å². The molecule has 1 aromatic carbocycles. The summed E-state index contributed by atoms with van der Waals surface area (Å²) in [6.07, 6.45) is 5.00. The summed E-state index contributed by atoms with van der Waals surface area (Å²) in [7, 11) is 0. The number of rotatable bonds is 8. The van der Waals surface area contributed by atoms with Gasteiger partial charge in [0, 0.05) is 13.1 Å². The Bertz CT molecular complexity index is 393. The Kier molecular flexibility index (Phi) is 7.04. The standard InChI is InChI=1S/C18H29NO2/c1-16-8-7-9-17(2)18(16)21-13-6-4-3-5-10-19-11-14-20-15-12-19/h7-9H,3-6,10-15H2,1-2H3. The lowest BCUT2D eigenvalue weighted by atomic mass is 10.1. The summed E-state index contributed by atoms with van der Waals surface area (Å²) >= 11 is 0. The first-order valence-electron chi connectivity index (χ1n) is 8.26.